The van der Waals surface area contributed by atoms with Gasteiger partial charge in [0, 0.05) is 6.54 Å². The average Bonchev–Trinajstić information content (AvgIpc) is 2.46. The molecule has 0 aliphatic carbocycles. The number of aliphatic hydroxyl groups is 1. The van der Waals surface area contributed by atoms with Gasteiger partial charge in [0.1, 0.15) is 11.5 Å². The summed E-state index contributed by atoms with van der Waals surface area (Å²) >= 11 is 0. The highest BCUT2D eigenvalue weighted by atomic mass is 19.4. The van der Waals surface area contributed by atoms with Crippen molar-refractivity contribution in [1.29, 1.82) is 0 Å². The minimum Gasteiger partial charge on any atom is -0.383 e. The van der Waals surface area contributed by atoms with Gasteiger partial charge in [0.2, 0.25) is 5.91 Å². The number of piperidine rings is 1. The monoisotopic (exact) mass is 301 g/mol. The highest BCUT2D eigenvalue weighted by molar-refractivity contribution is 5.79. The molecule has 2 unspecified atom stereocenters. The van der Waals surface area contributed by atoms with Crippen molar-refractivity contribution in [2.24, 2.45) is 5.92 Å². The molecule has 2 rings (SSSR count). The number of amides is 1. The summed E-state index contributed by atoms with van der Waals surface area (Å²) in [6.07, 6.45) is -3.65. The smallest absolute Gasteiger partial charge is 0.383 e. The van der Waals surface area contributed by atoms with Gasteiger partial charge in [0.25, 0.3) is 0 Å². The first-order valence-electron chi connectivity index (χ1n) is 6.87. The number of hydrogen-bond donors (Lipinski definition) is 1. The van der Waals surface area contributed by atoms with Crippen LogP contribution < -0.4 is 0 Å². The zero-order chi connectivity index (χ0) is 15.7. The number of carbonyl (C=O) groups is 1. The summed E-state index contributed by atoms with van der Waals surface area (Å²) in [5.41, 5.74) is -0.650. The first-order chi connectivity index (χ1) is 9.74. The van der Waals surface area contributed by atoms with Crippen molar-refractivity contribution >= 4 is 5.91 Å². The summed E-state index contributed by atoms with van der Waals surface area (Å²) in [5.74, 6) is -3.02. The number of halogens is 3. The highest BCUT2D eigenvalue weighted by Gasteiger charge is 2.45. The van der Waals surface area contributed by atoms with Gasteiger partial charge in [-0.3, -0.25) is 4.79 Å². The first-order valence-corrected chi connectivity index (χ1v) is 6.87. The third-order valence-electron chi connectivity index (χ3n) is 3.96. The molecule has 3 nitrogen and oxygen atoms in total. The number of hydrogen-bond acceptors (Lipinski definition) is 2. The standard InChI is InChI=1S/C15H18F3NO2/c1-11(15(16,17)18)13(20)19-9-5-8-14(21,10-19)12-6-3-2-4-7-12/h2-4,6-7,11,21H,5,8-10H2,1H3. The Labute approximate surface area is 121 Å². The lowest BCUT2D eigenvalue weighted by molar-refractivity contribution is -0.189. The van der Waals surface area contributed by atoms with Crippen LogP contribution in [0.5, 0.6) is 0 Å². The maximum absolute atomic E-state index is 12.7. The summed E-state index contributed by atoms with van der Waals surface area (Å²) in [7, 11) is 0. The zero-order valence-electron chi connectivity index (χ0n) is 11.7. The van der Waals surface area contributed by atoms with Crippen LogP contribution in [0.25, 0.3) is 0 Å². The van der Waals surface area contributed by atoms with Crippen molar-refractivity contribution in [1.82, 2.24) is 4.90 Å². The van der Waals surface area contributed by atoms with E-state index in [-0.39, 0.29) is 13.1 Å². The van der Waals surface area contributed by atoms with Crippen LogP contribution in [0.15, 0.2) is 30.3 Å². The largest absolute Gasteiger partial charge is 0.400 e. The third-order valence-corrected chi connectivity index (χ3v) is 3.96. The van der Waals surface area contributed by atoms with E-state index in [1.54, 1.807) is 30.3 Å². The van der Waals surface area contributed by atoms with E-state index in [1.807, 2.05) is 0 Å². The van der Waals surface area contributed by atoms with Gasteiger partial charge in [-0.1, -0.05) is 30.3 Å². The van der Waals surface area contributed by atoms with E-state index in [2.05, 4.69) is 0 Å². The predicted octanol–water partition coefficient (Wildman–Crippen LogP) is 2.70. The molecule has 1 heterocycles. The first kappa shape index (κ1) is 15.8. The Hall–Kier alpha value is -1.56. The van der Waals surface area contributed by atoms with Crippen molar-refractivity contribution in [3.05, 3.63) is 35.9 Å². The summed E-state index contributed by atoms with van der Waals surface area (Å²) in [6.45, 7) is 1.00. The molecule has 0 aromatic heterocycles. The highest BCUT2D eigenvalue weighted by Crippen LogP contribution is 2.34. The number of benzene rings is 1. The average molecular weight is 301 g/mol. The second kappa shape index (κ2) is 5.67. The number of likely N-dealkylation sites (tertiary alicyclic amines) is 1. The maximum Gasteiger partial charge on any atom is 0.400 e. The number of nitrogens with zero attached hydrogens (tertiary/aromatic N) is 1. The minimum atomic E-state index is -4.56. The Morgan fingerprint density at radius 3 is 2.52 bits per heavy atom. The number of carbonyl (C=O) groups excluding carboxylic acids is 1. The van der Waals surface area contributed by atoms with Crippen LogP contribution in [0.3, 0.4) is 0 Å². The van der Waals surface area contributed by atoms with E-state index in [0.29, 0.717) is 18.4 Å². The molecule has 1 fully saturated rings. The molecule has 1 aliphatic heterocycles. The van der Waals surface area contributed by atoms with Crippen LogP contribution in [0.2, 0.25) is 0 Å². The molecule has 21 heavy (non-hydrogen) atoms. The van der Waals surface area contributed by atoms with Crippen LogP contribution in [-0.4, -0.2) is 35.2 Å². The minimum absolute atomic E-state index is 0.101. The molecule has 1 N–H and O–H groups in total. The van der Waals surface area contributed by atoms with Gasteiger partial charge < -0.3 is 10.0 Å². The quantitative estimate of drug-likeness (QED) is 0.912. The van der Waals surface area contributed by atoms with Gasteiger partial charge in [-0.2, -0.15) is 13.2 Å². The molecule has 0 bridgehead atoms. The van der Waals surface area contributed by atoms with Gasteiger partial charge in [0.05, 0.1) is 6.54 Å². The lowest BCUT2D eigenvalue weighted by atomic mass is 9.85. The Bertz CT molecular complexity index is 503. The number of alkyl halides is 3. The summed E-state index contributed by atoms with van der Waals surface area (Å²) in [6, 6.07) is 8.76. The Morgan fingerprint density at radius 1 is 1.33 bits per heavy atom. The van der Waals surface area contributed by atoms with Gasteiger partial charge >= 0.3 is 6.18 Å². The van der Waals surface area contributed by atoms with E-state index >= 15 is 0 Å². The van der Waals surface area contributed by atoms with E-state index in [0.717, 1.165) is 11.8 Å². The molecule has 116 valence electrons. The van der Waals surface area contributed by atoms with Crippen molar-refractivity contribution in [2.75, 3.05) is 13.1 Å². The van der Waals surface area contributed by atoms with Crippen molar-refractivity contribution in [2.45, 2.75) is 31.5 Å². The fraction of sp³-hybridized carbons (Fsp3) is 0.533. The van der Waals surface area contributed by atoms with Crippen LogP contribution in [0.4, 0.5) is 13.2 Å². The van der Waals surface area contributed by atoms with E-state index in [4.69, 9.17) is 0 Å². The fourth-order valence-corrected chi connectivity index (χ4v) is 2.62. The van der Waals surface area contributed by atoms with Gasteiger partial charge in [-0.15, -0.1) is 0 Å². The molecular weight excluding hydrogens is 283 g/mol. The van der Waals surface area contributed by atoms with Crippen LogP contribution in [0, 0.1) is 5.92 Å². The number of rotatable bonds is 2. The second-order valence-corrected chi connectivity index (χ2v) is 5.52. The molecule has 1 aromatic carbocycles. The Balaban J connectivity index is 2.16. The molecule has 1 saturated heterocycles. The number of β-amino-alcohol motifs (C(OH)–C–C–N with tert-alkyl or cyclic N) is 1. The molecule has 0 spiro atoms. The van der Waals surface area contributed by atoms with Crippen molar-refractivity contribution < 1.29 is 23.1 Å². The predicted molar refractivity (Wildman–Crippen MR) is 71.4 cm³/mol. The second-order valence-electron chi connectivity index (χ2n) is 5.52. The van der Waals surface area contributed by atoms with Gasteiger partial charge in [0.15, 0.2) is 0 Å². The Kier molecular flexibility index (Phi) is 4.27. The molecule has 0 saturated carbocycles. The lowest BCUT2D eigenvalue weighted by Gasteiger charge is -2.40. The fourth-order valence-electron chi connectivity index (χ4n) is 2.62. The topological polar surface area (TPSA) is 40.5 Å². The molecular formula is C15H18F3NO2. The van der Waals surface area contributed by atoms with Gasteiger partial charge in [-0.25, -0.2) is 0 Å². The maximum atomic E-state index is 12.7. The summed E-state index contributed by atoms with van der Waals surface area (Å²) in [5, 5.41) is 10.7. The van der Waals surface area contributed by atoms with Crippen LogP contribution >= 0.6 is 0 Å². The molecule has 0 radical (unpaired) electrons. The van der Waals surface area contributed by atoms with Crippen molar-refractivity contribution in [3.8, 4) is 0 Å². The van der Waals surface area contributed by atoms with E-state index in [1.165, 1.54) is 0 Å². The molecule has 1 aliphatic rings. The molecule has 6 heteroatoms. The SMILES string of the molecule is CC(C(=O)N1CCCC(O)(c2ccccc2)C1)C(F)(F)F. The van der Waals surface area contributed by atoms with Crippen LogP contribution in [0.1, 0.15) is 25.3 Å². The third kappa shape index (κ3) is 3.37. The summed E-state index contributed by atoms with van der Waals surface area (Å²) < 4.78 is 38.0. The van der Waals surface area contributed by atoms with E-state index in [9.17, 15) is 23.1 Å². The zero-order valence-corrected chi connectivity index (χ0v) is 11.7. The summed E-state index contributed by atoms with van der Waals surface area (Å²) in [4.78, 5) is 13.1. The molecule has 1 aromatic rings. The van der Waals surface area contributed by atoms with E-state index < -0.39 is 23.6 Å². The molecule has 2 atom stereocenters. The normalized spacial score (nSPS) is 24.7. The lowest BCUT2D eigenvalue weighted by Crippen LogP contribution is -2.51. The Morgan fingerprint density at radius 2 is 1.95 bits per heavy atom. The van der Waals surface area contributed by atoms with Gasteiger partial charge in [-0.05, 0) is 25.3 Å². The van der Waals surface area contributed by atoms with Crippen LogP contribution in [-0.2, 0) is 10.4 Å². The molecule has 1 amide bonds. The van der Waals surface area contributed by atoms with Crippen molar-refractivity contribution in [3.63, 3.8) is 0 Å².